The van der Waals surface area contributed by atoms with Crippen molar-refractivity contribution in [3.05, 3.63) is 27.1 Å². The number of likely N-dealkylation sites (tertiary alicyclic amines) is 1. The standard InChI is InChI=1S/C17H23N3O2S/c1-3-4-8-20-11-18-15-13(16(20)21)12(2)14(23-15)17(22)19-9-6-5-7-10-19/h11H,3-10H2,1-2H3. The Morgan fingerprint density at radius 1 is 1.30 bits per heavy atom. The average molecular weight is 333 g/mol. The number of aromatic nitrogens is 2. The first-order valence-electron chi connectivity index (χ1n) is 8.41. The van der Waals surface area contributed by atoms with E-state index in [-0.39, 0.29) is 11.5 Å². The molecule has 2 aromatic rings. The molecular weight excluding hydrogens is 310 g/mol. The number of piperidine rings is 1. The van der Waals surface area contributed by atoms with Gasteiger partial charge in [-0.1, -0.05) is 13.3 Å². The van der Waals surface area contributed by atoms with Crippen LogP contribution in [0, 0.1) is 6.92 Å². The summed E-state index contributed by atoms with van der Waals surface area (Å²) in [5, 5.41) is 0.619. The van der Waals surface area contributed by atoms with Crippen LogP contribution in [0.5, 0.6) is 0 Å². The lowest BCUT2D eigenvalue weighted by molar-refractivity contribution is 0.0728. The molecule has 6 heteroatoms. The van der Waals surface area contributed by atoms with Gasteiger partial charge in [-0.05, 0) is 38.2 Å². The third-order valence-corrected chi connectivity index (χ3v) is 5.70. The van der Waals surface area contributed by atoms with E-state index in [0.29, 0.717) is 21.6 Å². The minimum Gasteiger partial charge on any atom is -0.338 e. The SMILES string of the molecule is CCCCn1cnc2sc(C(=O)N3CCCCC3)c(C)c2c1=O. The number of carbonyl (C=O) groups excluding carboxylic acids is 1. The molecule has 0 saturated carbocycles. The first-order chi connectivity index (χ1) is 11.1. The Morgan fingerprint density at radius 2 is 2.04 bits per heavy atom. The number of hydrogen-bond acceptors (Lipinski definition) is 4. The van der Waals surface area contributed by atoms with Gasteiger partial charge < -0.3 is 4.90 Å². The zero-order valence-corrected chi connectivity index (χ0v) is 14.6. The summed E-state index contributed by atoms with van der Waals surface area (Å²) in [4.78, 5) is 33.1. The summed E-state index contributed by atoms with van der Waals surface area (Å²) in [6, 6.07) is 0. The number of nitrogens with zero attached hydrogens (tertiary/aromatic N) is 3. The van der Waals surface area contributed by atoms with E-state index in [1.807, 2.05) is 11.8 Å². The van der Waals surface area contributed by atoms with Crippen LogP contribution in [-0.2, 0) is 6.54 Å². The number of thiophene rings is 1. The van der Waals surface area contributed by atoms with Gasteiger partial charge in [0.1, 0.15) is 4.83 Å². The zero-order valence-electron chi connectivity index (χ0n) is 13.8. The molecule has 1 saturated heterocycles. The van der Waals surface area contributed by atoms with Crippen LogP contribution in [0.3, 0.4) is 0 Å². The predicted molar refractivity (Wildman–Crippen MR) is 93.3 cm³/mol. The Morgan fingerprint density at radius 3 is 2.74 bits per heavy atom. The Bertz CT molecular complexity index is 772. The number of carbonyl (C=O) groups is 1. The van der Waals surface area contributed by atoms with E-state index in [2.05, 4.69) is 11.9 Å². The minimum atomic E-state index is -0.0186. The van der Waals surface area contributed by atoms with Gasteiger partial charge in [-0.3, -0.25) is 14.2 Å². The molecule has 1 aliphatic rings. The van der Waals surface area contributed by atoms with Crippen molar-refractivity contribution in [2.24, 2.45) is 0 Å². The predicted octanol–water partition coefficient (Wildman–Crippen LogP) is 3.19. The summed E-state index contributed by atoms with van der Waals surface area (Å²) in [5.74, 6) is 0.0599. The molecule has 0 radical (unpaired) electrons. The monoisotopic (exact) mass is 333 g/mol. The van der Waals surface area contributed by atoms with Crippen molar-refractivity contribution >= 4 is 27.5 Å². The molecule has 0 aromatic carbocycles. The summed E-state index contributed by atoms with van der Waals surface area (Å²) < 4.78 is 1.67. The van der Waals surface area contributed by atoms with Crippen molar-refractivity contribution in [3.8, 4) is 0 Å². The Hall–Kier alpha value is -1.69. The summed E-state index contributed by atoms with van der Waals surface area (Å²) in [6.45, 7) is 6.30. The number of amides is 1. The molecule has 0 atom stereocenters. The molecule has 3 rings (SSSR count). The van der Waals surface area contributed by atoms with Crippen molar-refractivity contribution in [1.82, 2.24) is 14.5 Å². The van der Waals surface area contributed by atoms with Gasteiger partial charge in [0.2, 0.25) is 0 Å². The normalized spacial score (nSPS) is 15.3. The van der Waals surface area contributed by atoms with Crippen LogP contribution in [0.4, 0.5) is 0 Å². The van der Waals surface area contributed by atoms with Crippen LogP contribution in [-0.4, -0.2) is 33.4 Å². The lowest BCUT2D eigenvalue weighted by Crippen LogP contribution is -2.35. The van der Waals surface area contributed by atoms with Gasteiger partial charge in [0.15, 0.2) is 0 Å². The Balaban J connectivity index is 1.99. The number of aryl methyl sites for hydroxylation is 2. The second kappa shape index (κ2) is 6.83. The summed E-state index contributed by atoms with van der Waals surface area (Å²) in [7, 11) is 0. The van der Waals surface area contributed by atoms with Crippen molar-refractivity contribution in [2.45, 2.75) is 52.5 Å². The molecule has 23 heavy (non-hydrogen) atoms. The van der Waals surface area contributed by atoms with E-state index >= 15 is 0 Å². The van der Waals surface area contributed by atoms with Gasteiger partial charge in [0.25, 0.3) is 11.5 Å². The Kier molecular flexibility index (Phi) is 4.80. The molecule has 5 nitrogen and oxygen atoms in total. The van der Waals surface area contributed by atoms with E-state index in [4.69, 9.17) is 0 Å². The first kappa shape index (κ1) is 16.2. The fraction of sp³-hybridized carbons (Fsp3) is 0.588. The minimum absolute atomic E-state index is 0.0186. The summed E-state index contributed by atoms with van der Waals surface area (Å²) in [5.41, 5.74) is 0.777. The topological polar surface area (TPSA) is 55.2 Å². The number of fused-ring (bicyclic) bond motifs is 1. The lowest BCUT2D eigenvalue weighted by atomic mass is 10.1. The average Bonchev–Trinajstić information content (AvgIpc) is 2.92. The zero-order chi connectivity index (χ0) is 16.4. The third kappa shape index (κ3) is 3.04. The van der Waals surface area contributed by atoms with E-state index < -0.39 is 0 Å². The molecule has 2 aromatic heterocycles. The molecule has 0 aliphatic carbocycles. The second-order valence-corrected chi connectivity index (χ2v) is 7.18. The van der Waals surface area contributed by atoms with Gasteiger partial charge in [-0.25, -0.2) is 4.98 Å². The molecule has 1 fully saturated rings. The van der Waals surface area contributed by atoms with Crippen LogP contribution in [0.2, 0.25) is 0 Å². The van der Waals surface area contributed by atoms with Crippen LogP contribution >= 0.6 is 11.3 Å². The van der Waals surface area contributed by atoms with E-state index in [0.717, 1.165) is 44.3 Å². The highest BCUT2D eigenvalue weighted by molar-refractivity contribution is 7.20. The van der Waals surface area contributed by atoms with Gasteiger partial charge >= 0.3 is 0 Å². The first-order valence-corrected chi connectivity index (χ1v) is 9.23. The maximum atomic E-state index is 12.8. The molecule has 3 heterocycles. The van der Waals surface area contributed by atoms with Crippen LogP contribution < -0.4 is 5.56 Å². The van der Waals surface area contributed by atoms with E-state index in [1.165, 1.54) is 17.8 Å². The van der Waals surface area contributed by atoms with Gasteiger partial charge in [0, 0.05) is 19.6 Å². The molecule has 0 bridgehead atoms. The highest BCUT2D eigenvalue weighted by atomic mass is 32.1. The fourth-order valence-electron chi connectivity index (χ4n) is 3.09. The Labute approximate surface area is 139 Å². The highest BCUT2D eigenvalue weighted by Gasteiger charge is 2.24. The third-order valence-electron chi connectivity index (χ3n) is 4.51. The fourth-order valence-corrected chi connectivity index (χ4v) is 4.20. The molecule has 1 amide bonds. The lowest BCUT2D eigenvalue weighted by Gasteiger charge is -2.26. The van der Waals surface area contributed by atoms with Gasteiger partial charge in [-0.15, -0.1) is 11.3 Å². The number of rotatable bonds is 4. The molecule has 0 N–H and O–H groups in total. The molecule has 0 spiro atoms. The smallest absolute Gasteiger partial charge is 0.264 e. The quantitative estimate of drug-likeness (QED) is 0.863. The summed E-state index contributed by atoms with van der Waals surface area (Å²) in [6.07, 6.45) is 6.93. The maximum Gasteiger partial charge on any atom is 0.264 e. The number of unbranched alkanes of at least 4 members (excludes halogenated alkanes) is 1. The van der Waals surface area contributed by atoms with Crippen molar-refractivity contribution in [3.63, 3.8) is 0 Å². The maximum absolute atomic E-state index is 12.8. The van der Waals surface area contributed by atoms with Crippen LogP contribution in [0.1, 0.15) is 54.3 Å². The van der Waals surface area contributed by atoms with Gasteiger partial charge in [0.05, 0.1) is 16.6 Å². The molecule has 124 valence electrons. The second-order valence-electron chi connectivity index (χ2n) is 6.19. The molecular formula is C17H23N3O2S. The van der Waals surface area contributed by atoms with E-state index in [1.54, 1.807) is 10.9 Å². The highest BCUT2D eigenvalue weighted by Crippen LogP contribution is 2.28. The van der Waals surface area contributed by atoms with Crippen molar-refractivity contribution in [2.75, 3.05) is 13.1 Å². The largest absolute Gasteiger partial charge is 0.338 e. The van der Waals surface area contributed by atoms with Crippen LogP contribution in [0.15, 0.2) is 11.1 Å². The van der Waals surface area contributed by atoms with E-state index in [9.17, 15) is 9.59 Å². The summed E-state index contributed by atoms with van der Waals surface area (Å²) >= 11 is 1.36. The van der Waals surface area contributed by atoms with Crippen LogP contribution in [0.25, 0.3) is 10.2 Å². The molecule has 0 unspecified atom stereocenters. The number of hydrogen-bond donors (Lipinski definition) is 0. The van der Waals surface area contributed by atoms with Gasteiger partial charge in [-0.2, -0.15) is 0 Å². The van der Waals surface area contributed by atoms with Crippen molar-refractivity contribution < 1.29 is 4.79 Å². The molecule has 1 aliphatic heterocycles. The van der Waals surface area contributed by atoms with Crippen molar-refractivity contribution in [1.29, 1.82) is 0 Å².